The number of nitrogens with one attached hydrogen (secondary N) is 1. The second kappa shape index (κ2) is 4.08. The lowest BCUT2D eigenvalue weighted by Crippen LogP contribution is -1.96. The lowest BCUT2D eigenvalue weighted by Gasteiger charge is -1.99. The van der Waals surface area contributed by atoms with Crippen LogP contribution in [-0.2, 0) is 11.2 Å². The number of hydrogen-bond donors (Lipinski definition) is 2. The van der Waals surface area contributed by atoms with E-state index in [0.717, 1.165) is 23.0 Å². The van der Waals surface area contributed by atoms with Crippen LogP contribution in [0, 0.1) is 0 Å². The van der Waals surface area contributed by atoms with Crippen molar-refractivity contribution in [3.63, 3.8) is 0 Å². The Kier molecular flexibility index (Phi) is 2.62. The van der Waals surface area contributed by atoms with Crippen LogP contribution in [0.1, 0.15) is 18.4 Å². The normalized spacial score (nSPS) is 10.7. The zero-order valence-electron chi connectivity index (χ0n) is 8.10. The zero-order valence-corrected chi connectivity index (χ0v) is 8.10. The summed E-state index contributed by atoms with van der Waals surface area (Å²) in [6.07, 6.45) is 1.53. The van der Waals surface area contributed by atoms with E-state index >= 15 is 0 Å². The van der Waals surface area contributed by atoms with Gasteiger partial charge in [-0.15, -0.1) is 0 Å². The number of fused-ring (bicyclic) bond motifs is 1. The maximum Gasteiger partial charge on any atom is 0.303 e. The summed E-state index contributed by atoms with van der Waals surface area (Å²) >= 11 is 0. The number of hydrogen-bond acceptors (Lipinski definition) is 3. The summed E-state index contributed by atoms with van der Waals surface area (Å²) < 4.78 is 0. The number of H-pyrrole nitrogens is 1. The van der Waals surface area contributed by atoms with Crippen LogP contribution in [0.15, 0.2) is 18.2 Å². The van der Waals surface area contributed by atoms with E-state index in [1.807, 2.05) is 18.2 Å². The van der Waals surface area contributed by atoms with Crippen molar-refractivity contribution in [3.8, 4) is 0 Å². The van der Waals surface area contributed by atoms with E-state index in [1.54, 1.807) is 0 Å². The summed E-state index contributed by atoms with van der Waals surface area (Å²) in [4.78, 5) is 10.4. The summed E-state index contributed by atoms with van der Waals surface area (Å²) in [7, 11) is 0. The fourth-order valence-corrected chi connectivity index (χ4v) is 1.56. The molecule has 0 amide bonds. The lowest BCUT2D eigenvalue weighted by atomic mass is 10.1. The van der Waals surface area contributed by atoms with Crippen LogP contribution in [0.4, 0.5) is 0 Å². The van der Waals surface area contributed by atoms with Crippen LogP contribution in [0.2, 0.25) is 0 Å². The first-order valence-electron chi connectivity index (χ1n) is 4.77. The Balaban J connectivity index is 2.13. The molecule has 0 bridgehead atoms. The van der Waals surface area contributed by atoms with Gasteiger partial charge in [-0.1, -0.05) is 12.1 Å². The van der Waals surface area contributed by atoms with Crippen molar-refractivity contribution >= 4 is 17.0 Å². The highest BCUT2D eigenvalue weighted by Crippen LogP contribution is 2.15. The van der Waals surface area contributed by atoms with Gasteiger partial charge in [0.25, 0.3) is 0 Å². The lowest BCUT2D eigenvalue weighted by molar-refractivity contribution is -0.137. The number of aromatic nitrogens is 3. The van der Waals surface area contributed by atoms with Crippen LogP contribution in [0.25, 0.3) is 11.0 Å². The summed E-state index contributed by atoms with van der Waals surface area (Å²) in [5, 5.41) is 19.1. The third-order valence-electron chi connectivity index (χ3n) is 2.27. The number of benzene rings is 1. The number of aromatic amines is 1. The van der Waals surface area contributed by atoms with Gasteiger partial charge in [0.2, 0.25) is 0 Å². The number of rotatable bonds is 4. The minimum atomic E-state index is -0.762. The molecule has 0 radical (unpaired) electrons. The third kappa shape index (κ3) is 2.12. The zero-order chi connectivity index (χ0) is 10.7. The molecule has 0 spiro atoms. The van der Waals surface area contributed by atoms with Gasteiger partial charge in [-0.05, 0) is 24.5 Å². The predicted molar refractivity (Wildman–Crippen MR) is 54.5 cm³/mol. The van der Waals surface area contributed by atoms with Crippen LogP contribution in [-0.4, -0.2) is 26.5 Å². The summed E-state index contributed by atoms with van der Waals surface area (Å²) in [5.41, 5.74) is 2.70. The summed E-state index contributed by atoms with van der Waals surface area (Å²) in [6, 6.07) is 5.73. The quantitative estimate of drug-likeness (QED) is 0.790. The topological polar surface area (TPSA) is 78.9 Å². The minimum Gasteiger partial charge on any atom is -0.481 e. The van der Waals surface area contributed by atoms with E-state index in [0.29, 0.717) is 6.42 Å². The molecular formula is C10H11N3O2. The Bertz CT molecular complexity index is 478. The van der Waals surface area contributed by atoms with Crippen molar-refractivity contribution in [2.24, 2.45) is 0 Å². The van der Waals surface area contributed by atoms with E-state index in [4.69, 9.17) is 5.11 Å². The summed E-state index contributed by atoms with van der Waals surface area (Å²) in [5.74, 6) is -0.762. The first-order valence-corrected chi connectivity index (χ1v) is 4.77. The van der Waals surface area contributed by atoms with Crippen molar-refractivity contribution < 1.29 is 9.90 Å². The average molecular weight is 205 g/mol. The number of aliphatic carboxylic acids is 1. The molecule has 15 heavy (non-hydrogen) atoms. The van der Waals surface area contributed by atoms with Gasteiger partial charge in [0.15, 0.2) is 0 Å². The Morgan fingerprint density at radius 1 is 1.40 bits per heavy atom. The van der Waals surface area contributed by atoms with Crippen LogP contribution in [0.3, 0.4) is 0 Å². The van der Waals surface area contributed by atoms with Crippen LogP contribution >= 0.6 is 0 Å². The van der Waals surface area contributed by atoms with Gasteiger partial charge in [0.1, 0.15) is 11.0 Å². The number of carbonyl (C=O) groups is 1. The molecule has 1 heterocycles. The predicted octanol–water partition coefficient (Wildman–Crippen LogP) is 1.37. The van der Waals surface area contributed by atoms with Gasteiger partial charge in [-0.2, -0.15) is 15.4 Å². The van der Waals surface area contributed by atoms with E-state index < -0.39 is 5.97 Å². The molecule has 1 aromatic heterocycles. The standard InChI is InChI=1S/C10H11N3O2/c14-9(15)6-2-4-7-3-1-5-8-10(7)12-13-11-8/h1,3,5H,2,4,6H2,(H,14,15)(H,11,12,13). The molecule has 0 saturated carbocycles. The van der Waals surface area contributed by atoms with Crippen molar-refractivity contribution in [2.45, 2.75) is 19.3 Å². The molecular weight excluding hydrogens is 194 g/mol. The molecule has 2 aromatic rings. The van der Waals surface area contributed by atoms with Crippen LogP contribution in [0.5, 0.6) is 0 Å². The van der Waals surface area contributed by atoms with Gasteiger partial charge in [0.05, 0.1) is 0 Å². The highest BCUT2D eigenvalue weighted by Gasteiger charge is 2.05. The second-order valence-corrected chi connectivity index (χ2v) is 3.36. The third-order valence-corrected chi connectivity index (χ3v) is 2.27. The highest BCUT2D eigenvalue weighted by atomic mass is 16.4. The number of aryl methyl sites for hydroxylation is 1. The van der Waals surface area contributed by atoms with Crippen molar-refractivity contribution in [1.29, 1.82) is 0 Å². The van der Waals surface area contributed by atoms with Crippen molar-refractivity contribution in [3.05, 3.63) is 23.8 Å². The van der Waals surface area contributed by atoms with Gasteiger partial charge >= 0.3 is 5.97 Å². The molecule has 0 aliphatic carbocycles. The molecule has 0 fully saturated rings. The largest absolute Gasteiger partial charge is 0.481 e. The fourth-order valence-electron chi connectivity index (χ4n) is 1.56. The Morgan fingerprint density at radius 2 is 2.27 bits per heavy atom. The molecule has 1 aromatic carbocycles. The van der Waals surface area contributed by atoms with Crippen molar-refractivity contribution in [1.82, 2.24) is 15.4 Å². The van der Waals surface area contributed by atoms with Gasteiger partial charge in [-0.3, -0.25) is 4.79 Å². The molecule has 0 saturated heterocycles. The SMILES string of the molecule is O=C(O)CCCc1cccc2n[nH]nc12. The molecule has 2 N–H and O–H groups in total. The number of carboxylic acid groups (broad SMARTS) is 1. The first-order chi connectivity index (χ1) is 7.27. The van der Waals surface area contributed by atoms with Gasteiger partial charge in [-0.25, -0.2) is 0 Å². The molecule has 78 valence electrons. The monoisotopic (exact) mass is 205 g/mol. The highest BCUT2D eigenvalue weighted by molar-refractivity contribution is 5.77. The Labute approximate surface area is 86.1 Å². The Hall–Kier alpha value is -1.91. The average Bonchev–Trinajstić information content (AvgIpc) is 2.65. The smallest absolute Gasteiger partial charge is 0.303 e. The summed E-state index contributed by atoms with van der Waals surface area (Å²) in [6.45, 7) is 0. The minimum absolute atomic E-state index is 0.189. The van der Waals surface area contributed by atoms with Crippen LogP contribution < -0.4 is 0 Å². The van der Waals surface area contributed by atoms with E-state index in [1.165, 1.54) is 0 Å². The molecule has 0 aliphatic rings. The molecule has 2 rings (SSSR count). The first kappa shape index (κ1) is 9.64. The van der Waals surface area contributed by atoms with Crippen molar-refractivity contribution in [2.75, 3.05) is 0 Å². The van der Waals surface area contributed by atoms with Gasteiger partial charge < -0.3 is 5.11 Å². The molecule has 5 nitrogen and oxygen atoms in total. The second-order valence-electron chi connectivity index (χ2n) is 3.36. The number of para-hydroxylation sites is 1. The maximum absolute atomic E-state index is 10.4. The molecule has 0 atom stereocenters. The maximum atomic E-state index is 10.4. The Morgan fingerprint density at radius 3 is 3.07 bits per heavy atom. The molecule has 5 heteroatoms. The van der Waals surface area contributed by atoms with E-state index in [2.05, 4.69) is 15.4 Å². The molecule has 0 unspecified atom stereocenters. The fraction of sp³-hybridized carbons (Fsp3) is 0.300. The van der Waals surface area contributed by atoms with E-state index in [9.17, 15) is 4.79 Å². The molecule has 0 aliphatic heterocycles. The number of carboxylic acids is 1. The van der Waals surface area contributed by atoms with Gasteiger partial charge in [0, 0.05) is 6.42 Å². The van der Waals surface area contributed by atoms with E-state index in [-0.39, 0.29) is 6.42 Å². The number of nitrogens with zero attached hydrogens (tertiary/aromatic N) is 2.